The van der Waals surface area contributed by atoms with Crippen molar-refractivity contribution in [1.82, 2.24) is 10.6 Å². The molecular weight excluding hydrogens is 433 g/mol. The molecule has 0 bridgehead atoms. The number of amides is 2. The van der Waals surface area contributed by atoms with Crippen LogP contribution in [0.5, 0.6) is 0 Å². The van der Waals surface area contributed by atoms with Crippen molar-refractivity contribution in [2.45, 2.75) is 59.5 Å². The molecule has 0 aromatic heterocycles. The lowest BCUT2D eigenvalue weighted by molar-refractivity contribution is -0.486. The van der Waals surface area contributed by atoms with E-state index in [-0.39, 0.29) is 12.3 Å². The molecular formula is C23H34FN3O6. The van der Waals surface area contributed by atoms with Gasteiger partial charge in [-0.2, -0.15) is 0 Å². The Kier molecular flexibility index (Phi) is 10.4. The van der Waals surface area contributed by atoms with Gasteiger partial charge in [0.05, 0.1) is 7.11 Å². The molecule has 2 amide bonds. The van der Waals surface area contributed by atoms with Crippen molar-refractivity contribution in [2.75, 3.05) is 13.7 Å². The van der Waals surface area contributed by atoms with Gasteiger partial charge in [-0.1, -0.05) is 46.8 Å². The molecule has 0 aliphatic carbocycles. The van der Waals surface area contributed by atoms with Gasteiger partial charge in [-0.05, 0) is 35.4 Å². The Morgan fingerprint density at radius 2 is 1.67 bits per heavy atom. The molecule has 1 rings (SSSR count). The standard InChI is InChI=1S/C23H34FN3O6/c1-14(2)11-16(13-27(31)32)20(28)26-19(23(3,4)5)21(29)25-18(22(30)33-6)12-15-7-9-17(24)10-8-15/h7-10,14,16,18-19H,11-13H2,1-6H3,(H,25,29)(H,26,28)/t16-,18+,19-/m1/s1. The molecule has 3 atom stereocenters. The highest BCUT2D eigenvalue weighted by Crippen LogP contribution is 2.22. The van der Waals surface area contributed by atoms with Crippen LogP contribution in [0, 0.1) is 33.2 Å². The minimum atomic E-state index is -1.07. The average molecular weight is 468 g/mol. The summed E-state index contributed by atoms with van der Waals surface area (Å²) in [5, 5.41) is 16.3. The average Bonchev–Trinajstić information content (AvgIpc) is 2.70. The first-order chi connectivity index (χ1) is 15.2. The largest absolute Gasteiger partial charge is 0.467 e. The molecule has 0 spiro atoms. The van der Waals surface area contributed by atoms with E-state index in [1.165, 1.54) is 31.4 Å². The summed E-state index contributed by atoms with van der Waals surface area (Å²) in [5.41, 5.74) is -0.153. The molecule has 0 heterocycles. The molecule has 0 saturated carbocycles. The number of ether oxygens (including phenoxy) is 1. The van der Waals surface area contributed by atoms with Gasteiger partial charge in [0.25, 0.3) is 0 Å². The number of carbonyl (C=O) groups excluding carboxylic acids is 3. The van der Waals surface area contributed by atoms with Crippen molar-refractivity contribution in [3.05, 3.63) is 45.8 Å². The molecule has 10 heteroatoms. The molecule has 9 nitrogen and oxygen atoms in total. The quantitative estimate of drug-likeness (QED) is 0.292. The highest BCUT2D eigenvalue weighted by molar-refractivity contribution is 5.92. The number of rotatable bonds is 11. The third-order valence-corrected chi connectivity index (χ3v) is 5.07. The van der Waals surface area contributed by atoms with E-state index in [2.05, 4.69) is 10.6 Å². The van der Waals surface area contributed by atoms with Crippen molar-refractivity contribution in [3.63, 3.8) is 0 Å². The van der Waals surface area contributed by atoms with Crippen molar-refractivity contribution in [1.29, 1.82) is 0 Å². The monoisotopic (exact) mass is 467 g/mol. The molecule has 0 fully saturated rings. The SMILES string of the molecule is COC(=O)[C@H](Cc1ccc(F)cc1)NC(=O)[C@@H](NC(=O)[C@H](CC(C)C)C[N+](=O)[O-])C(C)(C)C. The zero-order valence-corrected chi connectivity index (χ0v) is 20.0. The van der Waals surface area contributed by atoms with Crippen molar-refractivity contribution in [2.24, 2.45) is 17.3 Å². The molecule has 1 aromatic carbocycles. The Morgan fingerprint density at radius 1 is 1.09 bits per heavy atom. The van der Waals surface area contributed by atoms with Crippen LogP contribution in [-0.4, -0.2) is 48.4 Å². The van der Waals surface area contributed by atoms with Gasteiger partial charge >= 0.3 is 5.97 Å². The van der Waals surface area contributed by atoms with Crippen LogP contribution in [0.3, 0.4) is 0 Å². The minimum absolute atomic E-state index is 0.0435. The lowest BCUT2D eigenvalue weighted by atomic mass is 9.85. The second-order valence-electron chi connectivity index (χ2n) is 9.56. The van der Waals surface area contributed by atoms with E-state index in [0.29, 0.717) is 12.0 Å². The predicted octanol–water partition coefficient (Wildman–Crippen LogP) is 2.50. The van der Waals surface area contributed by atoms with Gasteiger partial charge < -0.3 is 15.4 Å². The van der Waals surface area contributed by atoms with Gasteiger partial charge in [-0.15, -0.1) is 0 Å². The summed E-state index contributed by atoms with van der Waals surface area (Å²) in [5.74, 6) is -3.20. The van der Waals surface area contributed by atoms with E-state index in [4.69, 9.17) is 4.74 Å². The topological polar surface area (TPSA) is 128 Å². The minimum Gasteiger partial charge on any atom is -0.467 e. The Hall–Kier alpha value is -3.04. The number of nitro groups is 1. The second-order valence-corrected chi connectivity index (χ2v) is 9.56. The highest BCUT2D eigenvalue weighted by atomic mass is 19.1. The number of nitrogens with zero attached hydrogens (tertiary/aromatic N) is 1. The predicted molar refractivity (Wildman–Crippen MR) is 120 cm³/mol. The van der Waals surface area contributed by atoms with Gasteiger partial charge in [-0.25, -0.2) is 9.18 Å². The number of benzene rings is 1. The first-order valence-corrected chi connectivity index (χ1v) is 10.8. The third-order valence-electron chi connectivity index (χ3n) is 5.07. The fourth-order valence-corrected chi connectivity index (χ4v) is 3.40. The summed E-state index contributed by atoms with van der Waals surface area (Å²) in [6.45, 7) is 8.35. The Bertz CT molecular complexity index is 836. The maximum Gasteiger partial charge on any atom is 0.328 e. The molecule has 0 saturated heterocycles. The normalized spacial score (nSPS) is 14.2. The molecule has 0 aliphatic rings. The van der Waals surface area contributed by atoms with E-state index < -0.39 is 58.5 Å². The lowest BCUT2D eigenvalue weighted by Gasteiger charge is -2.32. The molecule has 184 valence electrons. The number of hydrogen-bond donors (Lipinski definition) is 2. The summed E-state index contributed by atoms with van der Waals surface area (Å²) in [6.07, 6.45) is 0.349. The molecule has 1 aromatic rings. The fraction of sp³-hybridized carbons (Fsp3) is 0.609. The zero-order chi connectivity index (χ0) is 25.3. The highest BCUT2D eigenvalue weighted by Gasteiger charge is 2.37. The van der Waals surface area contributed by atoms with Crippen molar-refractivity contribution in [3.8, 4) is 0 Å². The van der Waals surface area contributed by atoms with Crippen LogP contribution in [0.4, 0.5) is 4.39 Å². The summed E-state index contributed by atoms with van der Waals surface area (Å²) < 4.78 is 18.0. The van der Waals surface area contributed by atoms with Crippen LogP contribution in [0.15, 0.2) is 24.3 Å². The molecule has 0 unspecified atom stereocenters. The van der Waals surface area contributed by atoms with Crippen LogP contribution in [-0.2, 0) is 25.5 Å². The molecule has 0 aliphatic heterocycles. The van der Waals surface area contributed by atoms with E-state index in [1.54, 1.807) is 20.8 Å². The molecule has 33 heavy (non-hydrogen) atoms. The van der Waals surface area contributed by atoms with E-state index in [0.717, 1.165) is 0 Å². The van der Waals surface area contributed by atoms with Gasteiger partial charge in [0.1, 0.15) is 23.8 Å². The van der Waals surface area contributed by atoms with Gasteiger partial charge in [0.15, 0.2) is 0 Å². The Labute approximate surface area is 193 Å². The number of methoxy groups -OCH3 is 1. The molecule has 2 N–H and O–H groups in total. The maximum absolute atomic E-state index is 13.2. The van der Waals surface area contributed by atoms with Crippen LogP contribution in [0.25, 0.3) is 0 Å². The Morgan fingerprint density at radius 3 is 2.12 bits per heavy atom. The number of halogens is 1. The van der Waals surface area contributed by atoms with Crippen molar-refractivity contribution >= 4 is 17.8 Å². The summed E-state index contributed by atoms with van der Waals surface area (Å²) in [4.78, 5) is 48.8. The van der Waals surface area contributed by atoms with Crippen LogP contribution < -0.4 is 10.6 Å². The second kappa shape index (κ2) is 12.3. The number of esters is 1. The fourth-order valence-electron chi connectivity index (χ4n) is 3.40. The van der Waals surface area contributed by atoms with E-state index in [1.807, 2.05) is 13.8 Å². The Balaban J connectivity index is 3.07. The smallest absolute Gasteiger partial charge is 0.328 e. The zero-order valence-electron chi connectivity index (χ0n) is 20.0. The van der Waals surface area contributed by atoms with Crippen LogP contribution in [0.1, 0.15) is 46.6 Å². The first-order valence-electron chi connectivity index (χ1n) is 10.8. The lowest BCUT2D eigenvalue weighted by Crippen LogP contribution is -2.58. The summed E-state index contributed by atoms with van der Waals surface area (Å²) >= 11 is 0. The first kappa shape index (κ1) is 28.0. The number of carbonyl (C=O) groups is 3. The van der Waals surface area contributed by atoms with E-state index in [9.17, 15) is 28.9 Å². The maximum atomic E-state index is 13.2. The van der Waals surface area contributed by atoms with Crippen LogP contribution >= 0.6 is 0 Å². The summed E-state index contributed by atoms with van der Waals surface area (Å²) in [6, 6.07) is 3.34. The number of hydrogen-bond acceptors (Lipinski definition) is 6. The molecule has 0 radical (unpaired) electrons. The van der Waals surface area contributed by atoms with Crippen molar-refractivity contribution < 1.29 is 28.4 Å². The third kappa shape index (κ3) is 9.55. The number of nitrogens with one attached hydrogen (secondary N) is 2. The van der Waals surface area contributed by atoms with E-state index >= 15 is 0 Å². The van der Waals surface area contributed by atoms with Gasteiger partial charge in [0.2, 0.25) is 18.4 Å². The van der Waals surface area contributed by atoms with Crippen LogP contribution in [0.2, 0.25) is 0 Å². The van der Waals surface area contributed by atoms with Gasteiger partial charge in [0, 0.05) is 11.3 Å². The summed E-state index contributed by atoms with van der Waals surface area (Å²) in [7, 11) is 1.18. The van der Waals surface area contributed by atoms with Gasteiger partial charge in [-0.3, -0.25) is 19.7 Å².